The first-order chi connectivity index (χ1) is 12.6. The van der Waals surface area contributed by atoms with Gasteiger partial charge in [-0.25, -0.2) is 5.43 Å². The molecule has 0 saturated carbocycles. The van der Waals surface area contributed by atoms with Crippen molar-refractivity contribution in [3.8, 4) is 5.75 Å². The van der Waals surface area contributed by atoms with E-state index in [4.69, 9.17) is 27.9 Å². The fourth-order valence-corrected chi connectivity index (χ4v) is 5.55. The highest BCUT2D eigenvalue weighted by Crippen LogP contribution is 2.45. The van der Waals surface area contributed by atoms with Crippen molar-refractivity contribution in [1.82, 2.24) is 5.43 Å². The number of nitrogens with one attached hydrogen (secondary N) is 1. The number of hydrazone groups is 1. The van der Waals surface area contributed by atoms with Crippen LogP contribution in [0.3, 0.4) is 0 Å². The first kappa shape index (κ1) is 19.4. The van der Waals surface area contributed by atoms with Crippen molar-refractivity contribution < 1.29 is 9.53 Å². The molecule has 136 valence electrons. The molecule has 1 saturated heterocycles. The SMILES string of the molecule is O=C(COc1ccc(C2SCCS2)cc1)N/N=C\c1ccc(Cl)cc1Cl. The Morgan fingerprint density at radius 1 is 1.19 bits per heavy atom. The summed E-state index contributed by atoms with van der Waals surface area (Å²) >= 11 is 15.8. The fourth-order valence-electron chi connectivity index (χ4n) is 2.23. The standard InChI is InChI=1S/C18H16Cl2N2O2S2/c19-14-4-1-13(16(20)9-14)10-21-22-17(23)11-24-15-5-2-12(3-6-15)18-25-7-8-26-18/h1-6,9-10,18H,7-8,11H2,(H,22,23)/b21-10-. The van der Waals surface area contributed by atoms with Gasteiger partial charge < -0.3 is 4.74 Å². The van der Waals surface area contributed by atoms with Crippen LogP contribution in [0, 0.1) is 0 Å². The molecule has 4 nitrogen and oxygen atoms in total. The van der Waals surface area contributed by atoms with Gasteiger partial charge >= 0.3 is 0 Å². The van der Waals surface area contributed by atoms with E-state index in [0.29, 0.717) is 25.9 Å². The van der Waals surface area contributed by atoms with Crippen LogP contribution in [0.5, 0.6) is 5.75 Å². The van der Waals surface area contributed by atoms with E-state index in [9.17, 15) is 4.79 Å². The molecule has 0 aliphatic carbocycles. The third-order valence-electron chi connectivity index (χ3n) is 3.50. The summed E-state index contributed by atoms with van der Waals surface area (Å²) in [5, 5.41) is 4.88. The van der Waals surface area contributed by atoms with E-state index in [1.165, 1.54) is 23.3 Å². The highest BCUT2D eigenvalue weighted by atomic mass is 35.5. The van der Waals surface area contributed by atoms with Crippen LogP contribution in [0.2, 0.25) is 10.0 Å². The third-order valence-corrected chi connectivity index (χ3v) is 7.17. The molecule has 0 unspecified atom stereocenters. The number of benzene rings is 2. The molecule has 0 bridgehead atoms. The number of rotatable bonds is 6. The summed E-state index contributed by atoms with van der Waals surface area (Å²) < 4.78 is 5.99. The van der Waals surface area contributed by atoms with Crippen LogP contribution in [0.1, 0.15) is 15.7 Å². The second-order valence-corrected chi connectivity index (χ2v) is 8.96. The van der Waals surface area contributed by atoms with Crippen molar-refractivity contribution in [3.63, 3.8) is 0 Å². The Morgan fingerprint density at radius 2 is 1.92 bits per heavy atom. The van der Waals surface area contributed by atoms with E-state index < -0.39 is 0 Å². The predicted molar refractivity (Wildman–Crippen MR) is 112 cm³/mol. The van der Waals surface area contributed by atoms with Gasteiger partial charge in [-0.15, -0.1) is 23.5 Å². The molecule has 1 N–H and O–H groups in total. The molecule has 2 aromatic carbocycles. The van der Waals surface area contributed by atoms with Gasteiger partial charge in [-0.2, -0.15) is 5.10 Å². The number of halogens is 2. The first-order valence-electron chi connectivity index (χ1n) is 7.85. The summed E-state index contributed by atoms with van der Waals surface area (Å²) in [5.74, 6) is 2.68. The maximum Gasteiger partial charge on any atom is 0.277 e. The topological polar surface area (TPSA) is 50.7 Å². The van der Waals surface area contributed by atoms with Gasteiger partial charge in [0, 0.05) is 22.1 Å². The number of thioether (sulfide) groups is 2. The Balaban J connectivity index is 1.45. The average Bonchev–Trinajstić information content (AvgIpc) is 3.17. The van der Waals surface area contributed by atoms with E-state index in [1.807, 2.05) is 47.8 Å². The highest BCUT2D eigenvalue weighted by molar-refractivity contribution is 8.19. The normalized spacial score (nSPS) is 14.7. The number of hydrogen-bond acceptors (Lipinski definition) is 5. The summed E-state index contributed by atoms with van der Waals surface area (Å²) in [4.78, 5) is 11.8. The molecule has 1 heterocycles. The van der Waals surface area contributed by atoms with Crippen LogP contribution in [-0.4, -0.2) is 30.2 Å². The Bertz CT molecular complexity index is 794. The van der Waals surface area contributed by atoms with Gasteiger partial charge in [0.25, 0.3) is 5.91 Å². The zero-order chi connectivity index (χ0) is 18.4. The second-order valence-electron chi connectivity index (χ2n) is 5.39. The molecule has 1 aliphatic rings. The van der Waals surface area contributed by atoms with E-state index >= 15 is 0 Å². The number of carbonyl (C=O) groups is 1. The smallest absolute Gasteiger partial charge is 0.277 e. The molecule has 26 heavy (non-hydrogen) atoms. The fraction of sp³-hybridized carbons (Fsp3) is 0.222. The lowest BCUT2D eigenvalue weighted by molar-refractivity contribution is -0.123. The monoisotopic (exact) mass is 426 g/mol. The maximum atomic E-state index is 11.8. The minimum Gasteiger partial charge on any atom is -0.484 e. The summed E-state index contributed by atoms with van der Waals surface area (Å²) in [6.45, 7) is -0.113. The first-order valence-corrected chi connectivity index (χ1v) is 10.7. The Labute approximate surface area is 170 Å². The molecule has 1 fully saturated rings. The number of carbonyl (C=O) groups excluding carboxylic acids is 1. The molecule has 8 heteroatoms. The molecule has 1 aliphatic heterocycles. The lowest BCUT2D eigenvalue weighted by Crippen LogP contribution is -2.24. The molecule has 1 amide bonds. The highest BCUT2D eigenvalue weighted by Gasteiger charge is 2.17. The van der Waals surface area contributed by atoms with Crippen molar-refractivity contribution >= 4 is 58.8 Å². The summed E-state index contributed by atoms with van der Waals surface area (Å²) in [5.41, 5.74) is 4.35. The van der Waals surface area contributed by atoms with Gasteiger partial charge in [0.15, 0.2) is 6.61 Å². The molecular formula is C18H16Cl2N2O2S2. The molecule has 3 rings (SSSR count). The van der Waals surface area contributed by atoms with Crippen LogP contribution < -0.4 is 10.2 Å². The second kappa shape index (κ2) is 9.55. The van der Waals surface area contributed by atoms with Gasteiger partial charge in [0.05, 0.1) is 15.8 Å². The van der Waals surface area contributed by atoms with Gasteiger partial charge in [-0.1, -0.05) is 41.4 Å². The van der Waals surface area contributed by atoms with Crippen molar-refractivity contribution in [1.29, 1.82) is 0 Å². The van der Waals surface area contributed by atoms with Crippen LogP contribution >= 0.6 is 46.7 Å². The number of hydrogen-bond donors (Lipinski definition) is 1. The van der Waals surface area contributed by atoms with Gasteiger partial charge in [-0.05, 0) is 29.8 Å². The lowest BCUT2D eigenvalue weighted by atomic mass is 10.2. The minimum atomic E-state index is -0.350. The Kier molecular flexibility index (Phi) is 7.14. The molecule has 0 atom stereocenters. The minimum absolute atomic E-state index is 0.113. The summed E-state index contributed by atoms with van der Waals surface area (Å²) in [7, 11) is 0. The van der Waals surface area contributed by atoms with Crippen molar-refractivity contribution in [3.05, 3.63) is 63.6 Å². The van der Waals surface area contributed by atoms with Gasteiger partial charge in [0.1, 0.15) is 5.75 Å². The Hall–Kier alpha value is -1.34. The summed E-state index contributed by atoms with van der Waals surface area (Å²) in [6, 6.07) is 12.9. The molecule has 0 aromatic heterocycles. The zero-order valence-electron chi connectivity index (χ0n) is 13.7. The van der Waals surface area contributed by atoms with E-state index in [-0.39, 0.29) is 12.5 Å². The van der Waals surface area contributed by atoms with Crippen molar-refractivity contribution in [2.45, 2.75) is 4.58 Å². The van der Waals surface area contributed by atoms with Crippen LogP contribution in [-0.2, 0) is 4.79 Å². The van der Waals surface area contributed by atoms with Gasteiger partial charge in [-0.3, -0.25) is 4.79 Å². The quantitative estimate of drug-likeness (QED) is 0.521. The lowest BCUT2D eigenvalue weighted by Gasteiger charge is -2.10. The molecule has 2 aromatic rings. The Morgan fingerprint density at radius 3 is 2.62 bits per heavy atom. The number of ether oxygens (including phenoxy) is 1. The molecular weight excluding hydrogens is 411 g/mol. The number of amides is 1. The van der Waals surface area contributed by atoms with Crippen molar-refractivity contribution in [2.24, 2.45) is 5.10 Å². The van der Waals surface area contributed by atoms with E-state index in [0.717, 1.165) is 0 Å². The molecule has 0 spiro atoms. The average molecular weight is 427 g/mol. The predicted octanol–water partition coefficient (Wildman–Crippen LogP) is 5.00. The number of nitrogens with zero attached hydrogens (tertiary/aromatic N) is 1. The van der Waals surface area contributed by atoms with Crippen LogP contribution in [0.25, 0.3) is 0 Å². The third kappa shape index (κ3) is 5.58. The summed E-state index contributed by atoms with van der Waals surface area (Å²) in [6.07, 6.45) is 1.46. The molecule has 0 radical (unpaired) electrons. The van der Waals surface area contributed by atoms with Crippen molar-refractivity contribution in [2.75, 3.05) is 18.1 Å². The van der Waals surface area contributed by atoms with Crippen LogP contribution in [0.4, 0.5) is 0 Å². The van der Waals surface area contributed by atoms with E-state index in [1.54, 1.807) is 18.2 Å². The van der Waals surface area contributed by atoms with Gasteiger partial charge in [0.2, 0.25) is 0 Å². The van der Waals surface area contributed by atoms with E-state index in [2.05, 4.69) is 10.5 Å². The van der Waals surface area contributed by atoms with Crippen LogP contribution in [0.15, 0.2) is 47.6 Å². The zero-order valence-corrected chi connectivity index (χ0v) is 16.8. The maximum absolute atomic E-state index is 11.8. The largest absolute Gasteiger partial charge is 0.484 e.